The van der Waals surface area contributed by atoms with E-state index < -0.39 is 6.04 Å². The highest BCUT2D eigenvalue weighted by atomic mass is 35.5. The Morgan fingerprint density at radius 3 is 2.85 bits per heavy atom. The predicted molar refractivity (Wildman–Crippen MR) is 94.0 cm³/mol. The summed E-state index contributed by atoms with van der Waals surface area (Å²) in [5.41, 5.74) is 0.940. The van der Waals surface area contributed by atoms with Crippen LogP contribution in [0.25, 0.3) is 12.2 Å². The number of hydrogen-bond acceptors (Lipinski definition) is 6. The van der Waals surface area contributed by atoms with E-state index in [0.29, 0.717) is 30.5 Å². The molecule has 1 aromatic carbocycles. The van der Waals surface area contributed by atoms with Gasteiger partial charge in [0.05, 0.1) is 0 Å². The van der Waals surface area contributed by atoms with Crippen molar-refractivity contribution < 1.29 is 14.1 Å². The normalized spacial score (nSPS) is 20.3. The Kier molecular flexibility index (Phi) is 4.44. The summed E-state index contributed by atoms with van der Waals surface area (Å²) in [6.45, 7) is 1.65. The van der Waals surface area contributed by atoms with Gasteiger partial charge in [-0.05, 0) is 23.8 Å². The first-order valence-electron chi connectivity index (χ1n) is 8.21. The van der Waals surface area contributed by atoms with Crippen LogP contribution in [0, 0.1) is 0 Å². The minimum atomic E-state index is -0.441. The largest absolute Gasteiger partial charge is 0.337 e. The molecule has 0 saturated carbocycles. The van der Waals surface area contributed by atoms with Gasteiger partial charge in [-0.15, -0.1) is 0 Å². The Hall–Kier alpha value is -2.71. The van der Waals surface area contributed by atoms with E-state index >= 15 is 0 Å². The van der Waals surface area contributed by atoms with E-state index in [1.54, 1.807) is 23.1 Å². The number of rotatable bonds is 4. The molecular formula is C17H16ClN5O3. The second-order valence-electron chi connectivity index (χ2n) is 6.05. The molecule has 0 aliphatic carbocycles. The summed E-state index contributed by atoms with van der Waals surface area (Å²) in [5.74, 6) is 0.349. The van der Waals surface area contributed by atoms with Crippen molar-refractivity contribution in [2.24, 2.45) is 0 Å². The van der Waals surface area contributed by atoms with Gasteiger partial charge < -0.3 is 14.7 Å². The first-order valence-corrected chi connectivity index (χ1v) is 8.58. The van der Waals surface area contributed by atoms with Crippen molar-refractivity contribution in [2.45, 2.75) is 12.6 Å². The highest BCUT2D eigenvalue weighted by Crippen LogP contribution is 2.21. The summed E-state index contributed by atoms with van der Waals surface area (Å²) in [7, 11) is 0. The van der Waals surface area contributed by atoms with Crippen LogP contribution >= 0.6 is 11.6 Å². The molecular weight excluding hydrogens is 358 g/mol. The van der Waals surface area contributed by atoms with Crippen molar-refractivity contribution in [3.05, 3.63) is 46.6 Å². The molecule has 9 heteroatoms. The number of aromatic nitrogens is 2. The maximum atomic E-state index is 12.4. The first-order chi connectivity index (χ1) is 12.6. The van der Waals surface area contributed by atoms with Gasteiger partial charge in [0, 0.05) is 24.7 Å². The Morgan fingerprint density at radius 1 is 1.27 bits per heavy atom. The SMILES string of the molecule is O=C1C2CNCCN2C(=O)N1Cc1nc(/C=C/c2ccc(Cl)cc2)no1. The molecule has 4 rings (SSSR count). The van der Waals surface area contributed by atoms with Crippen molar-refractivity contribution in [1.82, 2.24) is 25.3 Å². The smallest absolute Gasteiger partial charge is 0.328 e. The molecule has 1 atom stereocenters. The Bertz CT molecular complexity index is 840. The van der Waals surface area contributed by atoms with Gasteiger partial charge in [0.25, 0.3) is 5.91 Å². The highest BCUT2D eigenvalue weighted by Gasteiger charge is 2.46. The van der Waals surface area contributed by atoms with Crippen molar-refractivity contribution in [1.29, 1.82) is 0 Å². The molecule has 2 fully saturated rings. The number of nitrogens with one attached hydrogen (secondary N) is 1. The molecule has 3 amide bonds. The van der Waals surface area contributed by atoms with Crippen LogP contribution in [-0.4, -0.2) is 57.6 Å². The molecule has 3 heterocycles. The van der Waals surface area contributed by atoms with Gasteiger partial charge in [-0.1, -0.05) is 35.0 Å². The van der Waals surface area contributed by atoms with Crippen molar-refractivity contribution >= 4 is 35.7 Å². The molecule has 2 aliphatic rings. The number of imide groups is 1. The molecule has 26 heavy (non-hydrogen) atoms. The number of hydrogen-bond donors (Lipinski definition) is 1. The van der Waals surface area contributed by atoms with Crippen molar-refractivity contribution in [2.75, 3.05) is 19.6 Å². The van der Waals surface area contributed by atoms with E-state index in [4.69, 9.17) is 16.1 Å². The Labute approximate surface area is 154 Å². The lowest BCUT2D eigenvalue weighted by molar-refractivity contribution is -0.129. The molecule has 1 aromatic heterocycles. The lowest BCUT2D eigenvalue weighted by Crippen LogP contribution is -2.51. The average molecular weight is 374 g/mol. The van der Waals surface area contributed by atoms with E-state index in [2.05, 4.69) is 15.5 Å². The van der Waals surface area contributed by atoms with Crippen LogP contribution in [0.15, 0.2) is 28.8 Å². The van der Waals surface area contributed by atoms with Gasteiger partial charge in [-0.3, -0.25) is 9.69 Å². The summed E-state index contributed by atoms with van der Waals surface area (Å²) in [5, 5.41) is 7.64. The molecule has 0 spiro atoms. The monoisotopic (exact) mass is 373 g/mol. The molecule has 134 valence electrons. The quantitative estimate of drug-likeness (QED) is 0.819. The summed E-state index contributed by atoms with van der Waals surface area (Å²) in [6, 6.07) is 6.56. The fraction of sp³-hybridized carbons (Fsp3) is 0.294. The zero-order chi connectivity index (χ0) is 18.1. The van der Waals surface area contributed by atoms with Crippen LogP contribution < -0.4 is 5.32 Å². The summed E-state index contributed by atoms with van der Waals surface area (Å²) < 4.78 is 5.17. The number of carbonyl (C=O) groups is 2. The van der Waals surface area contributed by atoms with E-state index in [0.717, 1.165) is 10.5 Å². The third-order valence-electron chi connectivity index (χ3n) is 4.34. The zero-order valence-corrected chi connectivity index (χ0v) is 14.5. The molecule has 0 bridgehead atoms. The van der Waals surface area contributed by atoms with Crippen LogP contribution in [0.3, 0.4) is 0 Å². The van der Waals surface area contributed by atoms with Crippen molar-refractivity contribution in [3.63, 3.8) is 0 Å². The second-order valence-corrected chi connectivity index (χ2v) is 6.49. The second kappa shape index (κ2) is 6.89. The van der Waals surface area contributed by atoms with Gasteiger partial charge >= 0.3 is 6.03 Å². The standard InChI is InChI=1S/C17H16ClN5O3/c18-12-4-1-11(2-5-12)3-6-14-20-15(26-21-14)10-23-16(24)13-9-19-7-8-22(13)17(23)25/h1-6,13,19H,7-10H2/b6-3+. The van der Waals surface area contributed by atoms with E-state index in [-0.39, 0.29) is 24.4 Å². The maximum Gasteiger partial charge on any atom is 0.328 e. The third kappa shape index (κ3) is 3.21. The highest BCUT2D eigenvalue weighted by molar-refractivity contribution is 6.30. The third-order valence-corrected chi connectivity index (χ3v) is 4.60. The van der Waals surface area contributed by atoms with E-state index in [9.17, 15) is 9.59 Å². The van der Waals surface area contributed by atoms with Crippen LogP contribution in [0.4, 0.5) is 4.79 Å². The molecule has 2 aromatic rings. The number of carbonyl (C=O) groups excluding carboxylic acids is 2. The van der Waals surface area contributed by atoms with Gasteiger partial charge in [-0.2, -0.15) is 4.98 Å². The molecule has 2 aliphatic heterocycles. The van der Waals surface area contributed by atoms with Gasteiger partial charge in [0.2, 0.25) is 5.89 Å². The summed E-state index contributed by atoms with van der Waals surface area (Å²) in [4.78, 5) is 31.8. The van der Waals surface area contributed by atoms with Gasteiger partial charge in [0.15, 0.2) is 5.82 Å². The van der Waals surface area contributed by atoms with Gasteiger partial charge in [0.1, 0.15) is 12.6 Å². The first kappa shape index (κ1) is 16.7. The lowest BCUT2D eigenvalue weighted by Gasteiger charge is -2.26. The number of benzene rings is 1. The predicted octanol–water partition coefficient (Wildman–Crippen LogP) is 1.63. The van der Waals surface area contributed by atoms with Crippen molar-refractivity contribution in [3.8, 4) is 0 Å². The number of nitrogens with zero attached hydrogens (tertiary/aromatic N) is 4. The zero-order valence-electron chi connectivity index (χ0n) is 13.8. The number of amides is 3. The van der Waals surface area contributed by atoms with Gasteiger partial charge in [-0.25, -0.2) is 4.79 Å². The number of urea groups is 1. The molecule has 1 N–H and O–H groups in total. The summed E-state index contributed by atoms with van der Waals surface area (Å²) >= 11 is 5.85. The fourth-order valence-corrected chi connectivity index (χ4v) is 3.13. The maximum absolute atomic E-state index is 12.4. The topological polar surface area (TPSA) is 91.6 Å². The number of piperazine rings is 1. The van der Waals surface area contributed by atoms with Crippen LogP contribution in [0.1, 0.15) is 17.3 Å². The molecule has 2 saturated heterocycles. The number of halogens is 1. The van der Waals surface area contributed by atoms with Crippen LogP contribution in [-0.2, 0) is 11.3 Å². The number of fused-ring (bicyclic) bond motifs is 1. The lowest BCUT2D eigenvalue weighted by atomic mass is 10.2. The Balaban J connectivity index is 1.44. The van der Waals surface area contributed by atoms with E-state index in [1.165, 1.54) is 0 Å². The molecule has 1 unspecified atom stereocenters. The average Bonchev–Trinajstić information content (AvgIpc) is 3.20. The molecule has 0 radical (unpaired) electrons. The van der Waals surface area contributed by atoms with Crippen LogP contribution in [0.5, 0.6) is 0 Å². The Morgan fingerprint density at radius 2 is 2.08 bits per heavy atom. The van der Waals surface area contributed by atoms with Crippen LogP contribution in [0.2, 0.25) is 5.02 Å². The van der Waals surface area contributed by atoms with E-state index in [1.807, 2.05) is 18.2 Å². The minimum absolute atomic E-state index is 0.0214. The molecule has 8 nitrogen and oxygen atoms in total. The fourth-order valence-electron chi connectivity index (χ4n) is 3.01. The summed E-state index contributed by atoms with van der Waals surface area (Å²) in [6.07, 6.45) is 3.51. The minimum Gasteiger partial charge on any atom is -0.337 e.